The van der Waals surface area contributed by atoms with Gasteiger partial charge >= 0.3 is 6.09 Å². The van der Waals surface area contributed by atoms with Crippen LogP contribution in [0.4, 0.5) is 10.5 Å². The SMILES string of the molecule is CS(=O)(=O)N(C(=O)O)c1ccccc1OC[C@@H]1CO1. The van der Waals surface area contributed by atoms with E-state index in [1.165, 1.54) is 18.2 Å². The molecular weight excluding hydrogens is 274 g/mol. The number of carbonyl (C=O) groups is 1. The van der Waals surface area contributed by atoms with Gasteiger partial charge in [0.15, 0.2) is 0 Å². The molecule has 0 spiro atoms. The van der Waals surface area contributed by atoms with Gasteiger partial charge in [0.25, 0.3) is 0 Å². The van der Waals surface area contributed by atoms with Gasteiger partial charge in [-0.05, 0) is 12.1 Å². The zero-order chi connectivity index (χ0) is 14.0. The third-order valence-electron chi connectivity index (χ3n) is 2.42. The van der Waals surface area contributed by atoms with E-state index in [1.54, 1.807) is 6.07 Å². The van der Waals surface area contributed by atoms with Gasteiger partial charge in [0.2, 0.25) is 10.0 Å². The highest BCUT2D eigenvalue weighted by molar-refractivity contribution is 7.92. The van der Waals surface area contributed by atoms with Gasteiger partial charge in [0, 0.05) is 0 Å². The topological polar surface area (TPSA) is 96.4 Å². The quantitative estimate of drug-likeness (QED) is 0.808. The molecule has 7 nitrogen and oxygen atoms in total. The van der Waals surface area contributed by atoms with Gasteiger partial charge in [-0.3, -0.25) is 0 Å². The predicted octanol–water partition coefficient (Wildman–Crippen LogP) is 0.908. The summed E-state index contributed by atoms with van der Waals surface area (Å²) in [5.41, 5.74) is -0.0295. The molecule has 1 aromatic rings. The summed E-state index contributed by atoms with van der Waals surface area (Å²) in [6.45, 7) is 0.852. The second kappa shape index (κ2) is 5.06. The van der Waals surface area contributed by atoms with Crippen molar-refractivity contribution in [3.05, 3.63) is 24.3 Å². The summed E-state index contributed by atoms with van der Waals surface area (Å²) in [4.78, 5) is 11.1. The smallest absolute Gasteiger partial charge is 0.426 e. The van der Waals surface area contributed by atoms with Crippen LogP contribution >= 0.6 is 0 Å². The third kappa shape index (κ3) is 3.36. The predicted molar refractivity (Wildman–Crippen MR) is 67.0 cm³/mol. The molecule has 1 fully saturated rings. The second-order valence-corrected chi connectivity index (χ2v) is 5.88. The Kier molecular flexibility index (Phi) is 3.63. The molecule has 8 heteroatoms. The molecule has 1 heterocycles. The van der Waals surface area contributed by atoms with E-state index in [-0.39, 0.29) is 28.5 Å². The number of para-hydroxylation sites is 2. The van der Waals surface area contributed by atoms with E-state index in [0.717, 1.165) is 6.26 Å². The maximum Gasteiger partial charge on any atom is 0.426 e. The molecule has 0 bridgehead atoms. The number of benzene rings is 1. The number of sulfonamides is 1. The van der Waals surface area contributed by atoms with E-state index in [1.807, 2.05) is 0 Å². The maximum absolute atomic E-state index is 11.5. The number of epoxide rings is 1. The Balaban J connectivity index is 2.32. The third-order valence-corrected chi connectivity index (χ3v) is 3.43. The Labute approximate surface area is 110 Å². The van der Waals surface area contributed by atoms with Crippen LogP contribution in [0.1, 0.15) is 0 Å². The summed E-state index contributed by atoms with van der Waals surface area (Å²) >= 11 is 0. The Morgan fingerprint density at radius 1 is 1.53 bits per heavy atom. The van der Waals surface area contributed by atoms with Crippen molar-refractivity contribution in [2.45, 2.75) is 6.10 Å². The molecule has 1 N–H and O–H groups in total. The normalized spacial score (nSPS) is 17.8. The van der Waals surface area contributed by atoms with Crippen molar-refractivity contribution in [2.75, 3.05) is 23.8 Å². The molecular formula is C11H13NO6S. The van der Waals surface area contributed by atoms with Gasteiger partial charge in [-0.25, -0.2) is 13.2 Å². The molecule has 1 saturated heterocycles. The molecule has 1 amide bonds. The van der Waals surface area contributed by atoms with E-state index in [0.29, 0.717) is 6.61 Å². The van der Waals surface area contributed by atoms with Crippen molar-refractivity contribution in [2.24, 2.45) is 0 Å². The zero-order valence-electron chi connectivity index (χ0n) is 10.1. The molecule has 2 rings (SSSR count). The lowest BCUT2D eigenvalue weighted by Crippen LogP contribution is -2.35. The van der Waals surface area contributed by atoms with Gasteiger partial charge in [0.1, 0.15) is 24.1 Å². The number of rotatable bonds is 5. The van der Waals surface area contributed by atoms with Crippen LogP contribution < -0.4 is 9.04 Å². The lowest BCUT2D eigenvalue weighted by atomic mass is 10.3. The number of amides is 1. The van der Waals surface area contributed by atoms with Crippen LogP contribution in [0.25, 0.3) is 0 Å². The van der Waals surface area contributed by atoms with E-state index >= 15 is 0 Å². The maximum atomic E-state index is 11.5. The summed E-state index contributed by atoms with van der Waals surface area (Å²) in [5.74, 6) is 0.186. The summed E-state index contributed by atoms with van der Waals surface area (Å²) in [6, 6.07) is 6.06. The largest absolute Gasteiger partial charge is 0.489 e. The Morgan fingerprint density at radius 3 is 2.68 bits per heavy atom. The standard InChI is InChI=1S/C11H13NO6S/c1-19(15,16)12(11(13)14)9-4-2-3-5-10(9)18-7-8-6-17-8/h2-5,8H,6-7H2,1H3,(H,13,14)/t8-/m0/s1. The van der Waals surface area contributed by atoms with Crippen molar-refractivity contribution in [1.29, 1.82) is 0 Å². The molecule has 0 saturated carbocycles. The summed E-state index contributed by atoms with van der Waals surface area (Å²) in [6.07, 6.45) is -0.771. The molecule has 0 aliphatic carbocycles. The van der Waals surface area contributed by atoms with Gasteiger partial charge in [-0.15, -0.1) is 0 Å². The van der Waals surface area contributed by atoms with E-state index < -0.39 is 16.1 Å². The van der Waals surface area contributed by atoms with Crippen molar-refractivity contribution in [3.63, 3.8) is 0 Å². The second-order valence-electron chi connectivity index (χ2n) is 4.04. The molecule has 1 aromatic carbocycles. The van der Waals surface area contributed by atoms with E-state index in [4.69, 9.17) is 14.6 Å². The first-order valence-electron chi connectivity index (χ1n) is 5.46. The minimum absolute atomic E-state index is 0.00966. The first-order chi connectivity index (χ1) is 8.89. The highest BCUT2D eigenvalue weighted by Crippen LogP contribution is 2.30. The molecule has 0 radical (unpaired) electrons. The van der Waals surface area contributed by atoms with Crippen LogP contribution in [0.15, 0.2) is 24.3 Å². The number of anilines is 1. The number of ether oxygens (including phenoxy) is 2. The van der Waals surface area contributed by atoms with Crippen molar-refractivity contribution in [1.82, 2.24) is 0 Å². The fourth-order valence-electron chi connectivity index (χ4n) is 1.52. The van der Waals surface area contributed by atoms with E-state index in [9.17, 15) is 13.2 Å². The number of carboxylic acid groups (broad SMARTS) is 1. The minimum Gasteiger partial charge on any atom is -0.489 e. The van der Waals surface area contributed by atoms with Gasteiger partial charge in [0.05, 0.1) is 12.9 Å². The van der Waals surface area contributed by atoms with Crippen LogP contribution in [-0.2, 0) is 14.8 Å². The highest BCUT2D eigenvalue weighted by Gasteiger charge is 2.29. The number of nitrogens with zero attached hydrogens (tertiary/aromatic N) is 1. The first kappa shape index (κ1) is 13.6. The number of hydrogen-bond acceptors (Lipinski definition) is 5. The van der Waals surface area contributed by atoms with Crippen LogP contribution in [-0.4, -0.2) is 45.2 Å². The molecule has 0 aromatic heterocycles. The Hall–Kier alpha value is -1.80. The van der Waals surface area contributed by atoms with Crippen LogP contribution in [0.3, 0.4) is 0 Å². The average molecular weight is 287 g/mol. The van der Waals surface area contributed by atoms with Crippen molar-refractivity contribution in [3.8, 4) is 5.75 Å². The van der Waals surface area contributed by atoms with Crippen molar-refractivity contribution < 1.29 is 27.8 Å². The molecule has 1 atom stereocenters. The summed E-state index contributed by atoms with van der Waals surface area (Å²) in [5, 5.41) is 9.04. The van der Waals surface area contributed by atoms with Gasteiger partial charge in [-0.1, -0.05) is 12.1 Å². The Morgan fingerprint density at radius 2 is 2.16 bits per heavy atom. The van der Waals surface area contributed by atoms with Crippen LogP contribution in [0.5, 0.6) is 5.75 Å². The first-order valence-corrected chi connectivity index (χ1v) is 7.31. The van der Waals surface area contributed by atoms with E-state index in [2.05, 4.69) is 0 Å². The van der Waals surface area contributed by atoms with Gasteiger partial charge in [-0.2, -0.15) is 4.31 Å². The zero-order valence-corrected chi connectivity index (χ0v) is 11.0. The monoisotopic (exact) mass is 287 g/mol. The fourth-order valence-corrected chi connectivity index (χ4v) is 2.31. The lowest BCUT2D eigenvalue weighted by Gasteiger charge is -2.19. The molecule has 19 heavy (non-hydrogen) atoms. The molecule has 0 unspecified atom stereocenters. The Bertz CT molecular complexity index is 581. The highest BCUT2D eigenvalue weighted by atomic mass is 32.2. The van der Waals surface area contributed by atoms with Gasteiger partial charge < -0.3 is 14.6 Å². The summed E-state index contributed by atoms with van der Waals surface area (Å²) < 4.78 is 33.7. The number of hydrogen-bond donors (Lipinski definition) is 1. The van der Waals surface area contributed by atoms with Crippen molar-refractivity contribution >= 4 is 21.8 Å². The molecule has 1 aliphatic rings. The van der Waals surface area contributed by atoms with Crippen LogP contribution in [0, 0.1) is 0 Å². The lowest BCUT2D eigenvalue weighted by molar-refractivity contribution is 0.205. The minimum atomic E-state index is -3.94. The van der Waals surface area contributed by atoms with Crippen LogP contribution in [0.2, 0.25) is 0 Å². The fraction of sp³-hybridized carbons (Fsp3) is 0.364. The summed E-state index contributed by atoms with van der Waals surface area (Å²) in [7, 11) is -3.94. The molecule has 1 aliphatic heterocycles. The molecule has 104 valence electrons. The average Bonchev–Trinajstić information content (AvgIpc) is 3.09.